The van der Waals surface area contributed by atoms with Crippen LogP contribution < -0.4 is 10.2 Å². The SMILES string of the molecule is CCCCN(CC)c1ccc(C(=O)N2CCNCC2C)cc1.Cl.Cl. The zero-order valence-corrected chi connectivity index (χ0v) is 16.6. The van der Waals surface area contributed by atoms with E-state index < -0.39 is 0 Å². The number of hydrogen-bond donors (Lipinski definition) is 1. The molecule has 1 heterocycles. The van der Waals surface area contributed by atoms with Crippen molar-refractivity contribution in [2.45, 2.75) is 39.7 Å². The van der Waals surface area contributed by atoms with Crippen LogP contribution in [0.25, 0.3) is 0 Å². The van der Waals surface area contributed by atoms with E-state index in [0.717, 1.165) is 38.3 Å². The number of nitrogens with zero attached hydrogens (tertiary/aromatic N) is 2. The molecule has 1 N–H and O–H groups in total. The average Bonchev–Trinajstić information content (AvgIpc) is 2.56. The van der Waals surface area contributed by atoms with Gasteiger partial charge in [0.15, 0.2) is 0 Å². The summed E-state index contributed by atoms with van der Waals surface area (Å²) in [6.07, 6.45) is 2.40. The van der Waals surface area contributed by atoms with Gasteiger partial charge in [-0.2, -0.15) is 0 Å². The number of nitrogens with one attached hydrogen (secondary N) is 1. The van der Waals surface area contributed by atoms with Crippen molar-refractivity contribution in [2.24, 2.45) is 0 Å². The van der Waals surface area contributed by atoms with E-state index in [-0.39, 0.29) is 36.8 Å². The van der Waals surface area contributed by atoms with Gasteiger partial charge in [-0.1, -0.05) is 13.3 Å². The fraction of sp³-hybridized carbons (Fsp3) is 0.611. The molecule has 138 valence electrons. The van der Waals surface area contributed by atoms with E-state index in [1.165, 1.54) is 18.5 Å². The minimum absolute atomic E-state index is 0. The van der Waals surface area contributed by atoms with Gasteiger partial charge in [-0.15, -0.1) is 24.8 Å². The fourth-order valence-corrected chi connectivity index (χ4v) is 2.94. The molecule has 1 atom stereocenters. The average molecular weight is 376 g/mol. The van der Waals surface area contributed by atoms with E-state index in [2.05, 4.69) is 43.1 Å². The summed E-state index contributed by atoms with van der Waals surface area (Å²) in [6, 6.07) is 8.37. The first-order valence-electron chi connectivity index (χ1n) is 8.54. The van der Waals surface area contributed by atoms with Crippen LogP contribution in [0.2, 0.25) is 0 Å². The molecule has 1 aliphatic rings. The van der Waals surface area contributed by atoms with Crippen molar-refractivity contribution in [3.63, 3.8) is 0 Å². The first-order chi connectivity index (χ1) is 10.7. The molecule has 1 aromatic rings. The van der Waals surface area contributed by atoms with Crippen LogP contribution in [0, 0.1) is 0 Å². The number of hydrogen-bond acceptors (Lipinski definition) is 3. The largest absolute Gasteiger partial charge is 0.372 e. The molecule has 0 saturated carbocycles. The van der Waals surface area contributed by atoms with Crippen molar-refractivity contribution in [3.8, 4) is 0 Å². The number of benzene rings is 1. The van der Waals surface area contributed by atoms with Crippen LogP contribution in [0.3, 0.4) is 0 Å². The van der Waals surface area contributed by atoms with Crippen molar-refractivity contribution in [3.05, 3.63) is 29.8 Å². The highest BCUT2D eigenvalue weighted by atomic mass is 35.5. The van der Waals surface area contributed by atoms with Crippen LogP contribution in [0.1, 0.15) is 44.0 Å². The summed E-state index contributed by atoms with van der Waals surface area (Å²) in [6.45, 7) is 11.1. The molecule has 1 fully saturated rings. The van der Waals surface area contributed by atoms with Gasteiger partial charge in [-0.25, -0.2) is 0 Å². The van der Waals surface area contributed by atoms with Gasteiger partial charge in [-0.3, -0.25) is 4.79 Å². The number of halogens is 2. The summed E-state index contributed by atoms with van der Waals surface area (Å²) in [5.74, 6) is 0.150. The third-order valence-corrected chi connectivity index (χ3v) is 4.40. The summed E-state index contributed by atoms with van der Waals surface area (Å²) < 4.78 is 0. The van der Waals surface area contributed by atoms with Crippen LogP contribution in [0.15, 0.2) is 24.3 Å². The zero-order chi connectivity index (χ0) is 15.9. The van der Waals surface area contributed by atoms with E-state index in [9.17, 15) is 4.79 Å². The zero-order valence-electron chi connectivity index (χ0n) is 15.0. The number of carbonyl (C=O) groups is 1. The summed E-state index contributed by atoms with van der Waals surface area (Å²) in [4.78, 5) is 17.0. The van der Waals surface area contributed by atoms with E-state index in [1.807, 2.05) is 17.0 Å². The second-order valence-electron chi connectivity index (χ2n) is 6.03. The number of carbonyl (C=O) groups excluding carboxylic acids is 1. The van der Waals surface area contributed by atoms with Crippen LogP contribution >= 0.6 is 24.8 Å². The Hall–Kier alpha value is -0.970. The molecule has 0 radical (unpaired) electrons. The maximum Gasteiger partial charge on any atom is 0.254 e. The van der Waals surface area contributed by atoms with Gasteiger partial charge in [-0.05, 0) is 44.5 Å². The molecule has 1 amide bonds. The van der Waals surface area contributed by atoms with Gasteiger partial charge in [0.25, 0.3) is 5.91 Å². The number of amides is 1. The molecule has 2 rings (SSSR count). The van der Waals surface area contributed by atoms with Gasteiger partial charge in [0.1, 0.15) is 0 Å². The number of anilines is 1. The third-order valence-electron chi connectivity index (χ3n) is 4.40. The normalized spacial score (nSPS) is 16.8. The minimum atomic E-state index is 0. The van der Waals surface area contributed by atoms with Crippen LogP contribution in [0.4, 0.5) is 5.69 Å². The van der Waals surface area contributed by atoms with Gasteiger partial charge < -0.3 is 15.1 Å². The standard InChI is InChI=1S/C18H29N3O.2ClH/c1-4-6-12-20(5-2)17-9-7-16(8-10-17)18(22)21-13-11-19-14-15(21)3;;/h7-10,15,19H,4-6,11-14H2,1-3H3;2*1H. The highest BCUT2D eigenvalue weighted by molar-refractivity contribution is 5.94. The molecule has 24 heavy (non-hydrogen) atoms. The Kier molecular flexibility index (Phi) is 11.1. The molecule has 0 aliphatic carbocycles. The van der Waals surface area contributed by atoms with Crippen molar-refractivity contribution in [1.82, 2.24) is 10.2 Å². The molecule has 6 heteroatoms. The van der Waals surface area contributed by atoms with Gasteiger partial charge >= 0.3 is 0 Å². The molecular weight excluding hydrogens is 345 g/mol. The van der Waals surface area contributed by atoms with E-state index in [4.69, 9.17) is 0 Å². The Balaban J connectivity index is 0.00000264. The van der Waals surface area contributed by atoms with Crippen LogP contribution in [0.5, 0.6) is 0 Å². The topological polar surface area (TPSA) is 35.6 Å². The van der Waals surface area contributed by atoms with E-state index in [0.29, 0.717) is 0 Å². The Bertz CT molecular complexity index is 482. The summed E-state index contributed by atoms with van der Waals surface area (Å²) >= 11 is 0. The monoisotopic (exact) mass is 375 g/mol. The minimum Gasteiger partial charge on any atom is -0.372 e. The second-order valence-corrected chi connectivity index (χ2v) is 6.03. The third kappa shape index (κ3) is 5.83. The number of rotatable bonds is 6. The van der Waals surface area contributed by atoms with Crippen molar-refractivity contribution < 1.29 is 4.79 Å². The van der Waals surface area contributed by atoms with E-state index in [1.54, 1.807) is 0 Å². The Labute approximate surface area is 158 Å². The Morgan fingerprint density at radius 1 is 1.25 bits per heavy atom. The van der Waals surface area contributed by atoms with Gasteiger partial charge in [0.05, 0.1) is 0 Å². The lowest BCUT2D eigenvalue weighted by Gasteiger charge is -2.34. The molecule has 0 bridgehead atoms. The lowest BCUT2D eigenvalue weighted by atomic mass is 10.1. The van der Waals surface area contributed by atoms with Crippen molar-refractivity contribution >= 4 is 36.4 Å². The maximum atomic E-state index is 12.6. The summed E-state index contributed by atoms with van der Waals surface area (Å²) in [5.41, 5.74) is 2.00. The Morgan fingerprint density at radius 2 is 1.92 bits per heavy atom. The Morgan fingerprint density at radius 3 is 2.46 bits per heavy atom. The molecule has 4 nitrogen and oxygen atoms in total. The molecule has 1 saturated heterocycles. The number of unbranched alkanes of at least 4 members (excludes halogenated alkanes) is 1. The van der Waals surface area contributed by atoms with Crippen molar-refractivity contribution in [1.29, 1.82) is 0 Å². The predicted octanol–water partition coefficient (Wildman–Crippen LogP) is 3.59. The molecule has 1 unspecified atom stereocenters. The summed E-state index contributed by atoms with van der Waals surface area (Å²) in [5, 5.41) is 3.32. The molecule has 0 aromatic heterocycles. The molecule has 1 aliphatic heterocycles. The van der Waals surface area contributed by atoms with Crippen molar-refractivity contribution in [2.75, 3.05) is 37.6 Å². The molecular formula is C18H31Cl2N3O. The fourth-order valence-electron chi connectivity index (χ4n) is 2.94. The maximum absolute atomic E-state index is 12.6. The number of piperazine rings is 1. The van der Waals surface area contributed by atoms with E-state index >= 15 is 0 Å². The first-order valence-corrected chi connectivity index (χ1v) is 8.54. The first kappa shape index (κ1) is 23.0. The molecule has 0 spiro atoms. The summed E-state index contributed by atoms with van der Waals surface area (Å²) in [7, 11) is 0. The molecule has 1 aromatic carbocycles. The second kappa shape index (κ2) is 11.6. The quantitative estimate of drug-likeness (QED) is 0.824. The smallest absolute Gasteiger partial charge is 0.254 e. The lowest BCUT2D eigenvalue weighted by Crippen LogP contribution is -2.52. The van der Waals surface area contributed by atoms with Crippen LogP contribution in [-0.2, 0) is 0 Å². The lowest BCUT2D eigenvalue weighted by molar-refractivity contribution is 0.0656. The highest BCUT2D eigenvalue weighted by Gasteiger charge is 2.23. The van der Waals surface area contributed by atoms with Gasteiger partial charge in [0.2, 0.25) is 0 Å². The van der Waals surface area contributed by atoms with Crippen LogP contribution in [-0.4, -0.2) is 49.6 Å². The predicted molar refractivity (Wildman–Crippen MR) is 107 cm³/mol. The van der Waals surface area contributed by atoms with Gasteiger partial charge in [0, 0.05) is 50.0 Å². The highest BCUT2D eigenvalue weighted by Crippen LogP contribution is 2.18.